The fourth-order valence-corrected chi connectivity index (χ4v) is 1.38. The maximum Gasteiger partial charge on any atom is 0.417 e. The van der Waals surface area contributed by atoms with E-state index in [9.17, 15) is 18.0 Å². The first-order valence-electron chi connectivity index (χ1n) is 5.61. The van der Waals surface area contributed by atoms with Gasteiger partial charge in [-0.1, -0.05) is 12.1 Å². The second kappa shape index (κ2) is 6.22. The van der Waals surface area contributed by atoms with Crippen molar-refractivity contribution in [2.75, 3.05) is 0 Å². The van der Waals surface area contributed by atoms with Crippen LogP contribution in [-0.4, -0.2) is 28.0 Å². The molecular weight excluding hydrogens is 277 g/mol. The lowest BCUT2D eigenvalue weighted by atomic mass is 10.2. The lowest BCUT2D eigenvalue weighted by Gasteiger charge is -2.15. The number of hydrogen-bond donors (Lipinski definition) is 3. The number of nitrogens with zero attached hydrogens (tertiary/aromatic N) is 2. The first-order chi connectivity index (χ1) is 9.29. The normalized spacial score (nSPS) is 13.9. The second-order valence-corrected chi connectivity index (χ2v) is 3.89. The molecule has 20 heavy (non-hydrogen) atoms. The van der Waals surface area contributed by atoms with Crippen LogP contribution in [0.2, 0.25) is 0 Å². The molecule has 9 heteroatoms. The molecule has 0 saturated carbocycles. The Labute approximate surface area is 112 Å². The molecule has 1 atom stereocenters. The van der Waals surface area contributed by atoms with E-state index in [4.69, 9.17) is 10.9 Å². The van der Waals surface area contributed by atoms with Gasteiger partial charge in [-0.05, 0) is 18.6 Å². The summed E-state index contributed by atoms with van der Waals surface area (Å²) in [5.74, 6) is -0.912. The SMILES string of the molecule is CCC(NC(=O)c1ccc(C(F)(F)F)cn1)/C(N)=N/O. The topological polar surface area (TPSA) is 101 Å². The molecule has 0 radical (unpaired) electrons. The Bertz CT molecular complexity index is 499. The smallest absolute Gasteiger partial charge is 0.409 e. The first-order valence-corrected chi connectivity index (χ1v) is 5.61. The van der Waals surface area contributed by atoms with Gasteiger partial charge in [0.2, 0.25) is 0 Å². The van der Waals surface area contributed by atoms with E-state index in [0.29, 0.717) is 12.6 Å². The van der Waals surface area contributed by atoms with E-state index in [-0.39, 0.29) is 11.5 Å². The summed E-state index contributed by atoms with van der Waals surface area (Å²) in [6, 6.07) is 0.986. The minimum atomic E-state index is -4.51. The summed E-state index contributed by atoms with van der Waals surface area (Å²) in [7, 11) is 0. The van der Waals surface area contributed by atoms with Gasteiger partial charge in [-0.15, -0.1) is 0 Å². The molecule has 1 amide bonds. The highest BCUT2D eigenvalue weighted by Gasteiger charge is 2.31. The molecule has 0 aliphatic rings. The van der Waals surface area contributed by atoms with Crippen LogP contribution in [0, 0.1) is 0 Å². The van der Waals surface area contributed by atoms with Crippen LogP contribution < -0.4 is 11.1 Å². The fraction of sp³-hybridized carbons (Fsp3) is 0.364. The van der Waals surface area contributed by atoms with Crippen molar-refractivity contribution >= 4 is 11.7 Å². The third-order valence-corrected chi connectivity index (χ3v) is 2.51. The van der Waals surface area contributed by atoms with Gasteiger partial charge < -0.3 is 16.3 Å². The van der Waals surface area contributed by atoms with Crippen molar-refractivity contribution in [2.24, 2.45) is 10.9 Å². The van der Waals surface area contributed by atoms with Gasteiger partial charge in [0, 0.05) is 6.20 Å². The highest BCUT2D eigenvalue weighted by atomic mass is 19.4. The molecular formula is C11H13F3N4O2. The molecule has 4 N–H and O–H groups in total. The zero-order valence-corrected chi connectivity index (χ0v) is 10.5. The van der Waals surface area contributed by atoms with Crippen LogP contribution in [0.3, 0.4) is 0 Å². The standard InChI is InChI=1S/C11H13F3N4O2/c1-2-7(9(15)18-20)17-10(19)8-4-3-6(5-16-8)11(12,13)14/h3-5,7,20H,2H2,1H3,(H2,15,18)(H,17,19). The van der Waals surface area contributed by atoms with E-state index in [1.54, 1.807) is 6.92 Å². The van der Waals surface area contributed by atoms with Crippen molar-refractivity contribution in [1.82, 2.24) is 10.3 Å². The van der Waals surface area contributed by atoms with Crippen LogP contribution in [0.15, 0.2) is 23.5 Å². The highest BCUT2D eigenvalue weighted by molar-refractivity contribution is 5.96. The van der Waals surface area contributed by atoms with Gasteiger partial charge in [-0.25, -0.2) is 0 Å². The third kappa shape index (κ3) is 3.84. The highest BCUT2D eigenvalue weighted by Crippen LogP contribution is 2.28. The third-order valence-electron chi connectivity index (χ3n) is 2.51. The Morgan fingerprint density at radius 1 is 1.55 bits per heavy atom. The molecule has 0 aromatic carbocycles. The number of pyridine rings is 1. The molecule has 0 saturated heterocycles. The summed E-state index contributed by atoms with van der Waals surface area (Å²) < 4.78 is 37.0. The van der Waals surface area contributed by atoms with Crippen molar-refractivity contribution in [3.8, 4) is 0 Å². The Balaban J connectivity index is 2.83. The molecule has 1 heterocycles. The molecule has 0 fully saturated rings. The number of nitrogens with one attached hydrogen (secondary N) is 1. The Kier molecular flexibility index (Phi) is 4.89. The summed E-state index contributed by atoms with van der Waals surface area (Å²) in [4.78, 5) is 15.2. The fourth-order valence-electron chi connectivity index (χ4n) is 1.38. The van der Waals surface area contributed by atoms with E-state index >= 15 is 0 Å². The Hall–Kier alpha value is -2.32. The van der Waals surface area contributed by atoms with Crippen LogP contribution in [0.25, 0.3) is 0 Å². The number of carbonyl (C=O) groups is 1. The molecule has 110 valence electrons. The first kappa shape index (κ1) is 15.7. The van der Waals surface area contributed by atoms with Gasteiger partial charge in [0.05, 0.1) is 11.6 Å². The lowest BCUT2D eigenvalue weighted by molar-refractivity contribution is -0.137. The average Bonchev–Trinajstić information content (AvgIpc) is 2.42. The minimum Gasteiger partial charge on any atom is -0.409 e. The molecule has 1 aromatic heterocycles. The summed E-state index contributed by atoms with van der Waals surface area (Å²) in [6.07, 6.45) is -3.59. The maximum absolute atomic E-state index is 12.3. The quantitative estimate of drug-likeness (QED) is 0.337. The van der Waals surface area contributed by atoms with E-state index in [2.05, 4.69) is 15.5 Å². The number of nitrogens with two attached hydrogens (primary N) is 1. The largest absolute Gasteiger partial charge is 0.417 e. The summed E-state index contributed by atoms with van der Waals surface area (Å²) in [6.45, 7) is 1.68. The molecule has 0 bridgehead atoms. The molecule has 0 aliphatic heterocycles. The number of hydrogen-bond acceptors (Lipinski definition) is 4. The average molecular weight is 290 g/mol. The van der Waals surface area contributed by atoms with Crippen molar-refractivity contribution in [3.05, 3.63) is 29.6 Å². The monoisotopic (exact) mass is 290 g/mol. The van der Waals surface area contributed by atoms with Crippen molar-refractivity contribution < 1.29 is 23.2 Å². The number of alkyl halides is 3. The predicted octanol–water partition coefficient (Wildman–Crippen LogP) is 1.36. The summed E-state index contributed by atoms with van der Waals surface area (Å²) in [5, 5.41) is 13.7. The van der Waals surface area contributed by atoms with Crippen LogP contribution in [-0.2, 0) is 6.18 Å². The molecule has 1 aromatic rings. The van der Waals surface area contributed by atoms with E-state index in [1.165, 1.54) is 0 Å². The minimum absolute atomic E-state index is 0.192. The molecule has 0 aliphatic carbocycles. The van der Waals surface area contributed by atoms with Crippen LogP contribution in [0.1, 0.15) is 29.4 Å². The predicted molar refractivity (Wildman–Crippen MR) is 64.2 cm³/mol. The Morgan fingerprint density at radius 3 is 2.60 bits per heavy atom. The maximum atomic E-state index is 12.3. The number of amides is 1. The number of amidine groups is 1. The zero-order chi connectivity index (χ0) is 15.3. The van der Waals surface area contributed by atoms with Gasteiger partial charge in [0.25, 0.3) is 5.91 Å². The van der Waals surface area contributed by atoms with Gasteiger partial charge >= 0.3 is 6.18 Å². The van der Waals surface area contributed by atoms with Gasteiger partial charge in [0.1, 0.15) is 5.69 Å². The number of halogens is 3. The zero-order valence-electron chi connectivity index (χ0n) is 10.5. The Morgan fingerprint density at radius 2 is 2.20 bits per heavy atom. The van der Waals surface area contributed by atoms with E-state index in [0.717, 1.165) is 12.1 Å². The number of carbonyl (C=O) groups excluding carboxylic acids is 1. The van der Waals surface area contributed by atoms with Gasteiger partial charge in [-0.3, -0.25) is 9.78 Å². The molecule has 0 spiro atoms. The molecule has 6 nitrogen and oxygen atoms in total. The molecule has 1 unspecified atom stereocenters. The summed E-state index contributed by atoms with van der Waals surface area (Å²) >= 11 is 0. The second-order valence-electron chi connectivity index (χ2n) is 3.89. The van der Waals surface area contributed by atoms with E-state index in [1.807, 2.05) is 0 Å². The molecule has 1 rings (SSSR count). The number of oxime groups is 1. The lowest BCUT2D eigenvalue weighted by Crippen LogP contribution is -2.44. The number of aromatic nitrogens is 1. The van der Waals surface area contributed by atoms with E-state index < -0.39 is 23.7 Å². The van der Waals surface area contributed by atoms with Crippen molar-refractivity contribution in [1.29, 1.82) is 0 Å². The van der Waals surface area contributed by atoms with Crippen molar-refractivity contribution in [2.45, 2.75) is 25.6 Å². The van der Waals surface area contributed by atoms with Crippen molar-refractivity contribution in [3.63, 3.8) is 0 Å². The summed E-state index contributed by atoms with van der Waals surface area (Å²) in [5.41, 5.74) is 4.21. The van der Waals surface area contributed by atoms with Crippen LogP contribution in [0.4, 0.5) is 13.2 Å². The van der Waals surface area contributed by atoms with Crippen LogP contribution in [0.5, 0.6) is 0 Å². The van der Waals surface area contributed by atoms with Gasteiger partial charge in [0.15, 0.2) is 5.84 Å². The van der Waals surface area contributed by atoms with Crippen LogP contribution >= 0.6 is 0 Å². The van der Waals surface area contributed by atoms with Gasteiger partial charge in [-0.2, -0.15) is 13.2 Å². The number of rotatable bonds is 4.